The third-order valence-corrected chi connectivity index (χ3v) is 4.33. The third kappa shape index (κ3) is 8.81. The van der Waals surface area contributed by atoms with Crippen molar-refractivity contribution in [1.82, 2.24) is 20.9 Å². The predicted molar refractivity (Wildman–Crippen MR) is 130 cm³/mol. The van der Waals surface area contributed by atoms with Gasteiger partial charge in [-0.05, 0) is 42.5 Å². The molecule has 1 heterocycles. The topological polar surface area (TPSA) is 78.4 Å². The highest BCUT2D eigenvalue weighted by atomic mass is 127. The van der Waals surface area contributed by atoms with Crippen LogP contribution >= 0.6 is 24.0 Å². The van der Waals surface area contributed by atoms with Crippen molar-refractivity contribution in [2.24, 2.45) is 10.9 Å². The number of nitrogens with one attached hydrogen (secondary N) is 3. The first-order valence-corrected chi connectivity index (χ1v) is 9.74. The molecule has 6 nitrogen and oxygen atoms in total. The molecule has 3 N–H and O–H groups in total. The number of aliphatic imine (C=N–C) groups is 1. The molecule has 0 spiro atoms. The van der Waals surface area contributed by atoms with Gasteiger partial charge in [-0.1, -0.05) is 38.1 Å². The molecule has 1 amide bonds. The lowest BCUT2D eigenvalue weighted by atomic mass is 10.00. The van der Waals surface area contributed by atoms with Crippen molar-refractivity contribution in [3.63, 3.8) is 0 Å². The van der Waals surface area contributed by atoms with Crippen molar-refractivity contribution in [3.8, 4) is 0 Å². The van der Waals surface area contributed by atoms with Crippen LogP contribution in [0.4, 0.5) is 0 Å². The highest BCUT2D eigenvalue weighted by molar-refractivity contribution is 14.0. The lowest BCUT2D eigenvalue weighted by Crippen LogP contribution is -2.42. The third-order valence-electron chi connectivity index (χ3n) is 4.33. The first-order valence-electron chi connectivity index (χ1n) is 9.74. The smallest absolute Gasteiger partial charge is 0.252 e. The molecule has 1 aromatic carbocycles. The van der Waals surface area contributed by atoms with E-state index in [2.05, 4.69) is 71.0 Å². The molecule has 0 saturated carbocycles. The number of amides is 1. The standard InChI is InChI=1S/C22H31N5O.HI/c1-16(2)14-18-7-9-19(10-8-18)17(3)27-22(23-4)26-13-12-25-21(28)20-6-5-11-24-15-20;/h5-11,15-17H,12-14H2,1-4H3,(H,25,28)(H2,23,26,27);1H. The molecule has 0 radical (unpaired) electrons. The van der Waals surface area contributed by atoms with Crippen LogP contribution in [0.1, 0.15) is 48.3 Å². The molecule has 1 aromatic heterocycles. The lowest BCUT2D eigenvalue weighted by molar-refractivity contribution is 0.0954. The number of hydrogen-bond acceptors (Lipinski definition) is 3. The largest absolute Gasteiger partial charge is 0.355 e. The lowest BCUT2D eigenvalue weighted by Gasteiger charge is -2.19. The van der Waals surface area contributed by atoms with Crippen molar-refractivity contribution >= 4 is 35.8 Å². The molecular formula is C22H32IN5O. The van der Waals surface area contributed by atoms with E-state index in [4.69, 9.17) is 0 Å². The van der Waals surface area contributed by atoms with Crippen LogP contribution < -0.4 is 16.0 Å². The van der Waals surface area contributed by atoms with Crippen LogP contribution in [-0.4, -0.2) is 37.0 Å². The maximum atomic E-state index is 12.0. The Bertz CT molecular complexity index is 763. The van der Waals surface area contributed by atoms with Crippen molar-refractivity contribution in [2.75, 3.05) is 20.1 Å². The van der Waals surface area contributed by atoms with Crippen LogP contribution in [0.3, 0.4) is 0 Å². The Hall–Kier alpha value is -2.16. The maximum Gasteiger partial charge on any atom is 0.252 e. The predicted octanol–water partition coefficient (Wildman–Crippen LogP) is 3.55. The van der Waals surface area contributed by atoms with Gasteiger partial charge in [0, 0.05) is 32.5 Å². The van der Waals surface area contributed by atoms with Crippen molar-refractivity contribution in [3.05, 3.63) is 65.5 Å². The van der Waals surface area contributed by atoms with Crippen LogP contribution in [0.25, 0.3) is 0 Å². The minimum atomic E-state index is -0.132. The highest BCUT2D eigenvalue weighted by Crippen LogP contribution is 2.15. The molecule has 0 fully saturated rings. The van der Waals surface area contributed by atoms with E-state index in [-0.39, 0.29) is 35.9 Å². The number of nitrogens with zero attached hydrogens (tertiary/aromatic N) is 2. The number of carbonyl (C=O) groups is 1. The van der Waals surface area contributed by atoms with Gasteiger partial charge in [0.1, 0.15) is 0 Å². The fourth-order valence-electron chi connectivity index (χ4n) is 2.85. The van der Waals surface area contributed by atoms with E-state index in [1.807, 2.05) is 0 Å². The summed E-state index contributed by atoms with van der Waals surface area (Å²) in [6.07, 6.45) is 4.29. The average molecular weight is 509 g/mol. The van der Waals surface area contributed by atoms with E-state index in [9.17, 15) is 4.79 Å². The summed E-state index contributed by atoms with van der Waals surface area (Å²) < 4.78 is 0. The van der Waals surface area contributed by atoms with Crippen LogP contribution in [0.5, 0.6) is 0 Å². The summed E-state index contributed by atoms with van der Waals surface area (Å²) in [5.41, 5.74) is 3.12. The summed E-state index contributed by atoms with van der Waals surface area (Å²) in [6.45, 7) is 7.63. The van der Waals surface area contributed by atoms with E-state index in [0.29, 0.717) is 30.5 Å². The van der Waals surface area contributed by atoms with Crippen LogP contribution in [0, 0.1) is 5.92 Å². The fourth-order valence-corrected chi connectivity index (χ4v) is 2.85. The Labute approximate surface area is 191 Å². The first-order chi connectivity index (χ1) is 13.5. The average Bonchev–Trinajstić information content (AvgIpc) is 2.70. The van der Waals surface area contributed by atoms with Gasteiger partial charge in [-0.25, -0.2) is 0 Å². The van der Waals surface area contributed by atoms with Crippen molar-refractivity contribution in [1.29, 1.82) is 0 Å². The van der Waals surface area contributed by atoms with Gasteiger partial charge < -0.3 is 16.0 Å². The van der Waals surface area contributed by atoms with Crippen molar-refractivity contribution < 1.29 is 4.79 Å². The molecular weight excluding hydrogens is 477 g/mol. The maximum absolute atomic E-state index is 12.0. The molecule has 1 unspecified atom stereocenters. The number of guanidine groups is 1. The number of benzene rings is 1. The van der Waals surface area contributed by atoms with E-state index in [1.165, 1.54) is 11.1 Å². The van der Waals surface area contributed by atoms with E-state index in [1.54, 1.807) is 31.6 Å². The second kappa shape index (κ2) is 13.1. The number of rotatable bonds is 8. The van der Waals surface area contributed by atoms with Crippen LogP contribution in [0.2, 0.25) is 0 Å². The summed E-state index contributed by atoms with van der Waals surface area (Å²) >= 11 is 0. The van der Waals surface area contributed by atoms with Gasteiger partial charge in [-0.15, -0.1) is 24.0 Å². The molecule has 158 valence electrons. The van der Waals surface area contributed by atoms with Gasteiger partial charge >= 0.3 is 0 Å². The van der Waals surface area contributed by atoms with Crippen LogP contribution in [0.15, 0.2) is 53.8 Å². The molecule has 2 aromatic rings. The number of aromatic nitrogens is 1. The zero-order valence-corrected chi connectivity index (χ0v) is 19.9. The van der Waals surface area contributed by atoms with Gasteiger partial charge in [0.15, 0.2) is 5.96 Å². The minimum absolute atomic E-state index is 0. The second-order valence-corrected chi connectivity index (χ2v) is 7.20. The second-order valence-electron chi connectivity index (χ2n) is 7.20. The SMILES string of the molecule is CN=C(NCCNC(=O)c1cccnc1)NC(C)c1ccc(CC(C)C)cc1.I. The molecule has 0 bridgehead atoms. The van der Waals surface area contributed by atoms with Crippen LogP contribution in [-0.2, 0) is 6.42 Å². The number of pyridine rings is 1. The van der Waals surface area contributed by atoms with Gasteiger partial charge in [0.25, 0.3) is 5.91 Å². The molecule has 7 heteroatoms. The molecule has 29 heavy (non-hydrogen) atoms. The molecule has 0 aliphatic heterocycles. The quantitative estimate of drug-likeness (QED) is 0.220. The van der Waals surface area contributed by atoms with E-state index >= 15 is 0 Å². The number of halogens is 1. The zero-order chi connectivity index (χ0) is 20.4. The summed E-state index contributed by atoms with van der Waals surface area (Å²) in [4.78, 5) is 20.2. The normalized spacial score (nSPS) is 12.1. The van der Waals surface area contributed by atoms with Gasteiger partial charge in [0.2, 0.25) is 0 Å². The molecule has 0 saturated heterocycles. The first kappa shape index (κ1) is 24.9. The van der Waals surface area contributed by atoms with Gasteiger partial charge in [0.05, 0.1) is 11.6 Å². The molecule has 1 atom stereocenters. The minimum Gasteiger partial charge on any atom is -0.355 e. The summed E-state index contributed by atoms with van der Waals surface area (Å²) in [5.74, 6) is 1.23. The van der Waals surface area contributed by atoms with Gasteiger partial charge in [-0.3, -0.25) is 14.8 Å². The Morgan fingerprint density at radius 2 is 1.76 bits per heavy atom. The Morgan fingerprint density at radius 1 is 1.07 bits per heavy atom. The van der Waals surface area contributed by atoms with Crippen molar-refractivity contribution in [2.45, 2.75) is 33.2 Å². The number of hydrogen-bond donors (Lipinski definition) is 3. The zero-order valence-electron chi connectivity index (χ0n) is 17.6. The fraction of sp³-hybridized carbons (Fsp3) is 0.409. The Kier molecular flexibility index (Phi) is 11.3. The molecule has 2 rings (SSSR count). The molecule has 0 aliphatic rings. The Morgan fingerprint density at radius 3 is 2.34 bits per heavy atom. The van der Waals surface area contributed by atoms with E-state index < -0.39 is 0 Å². The molecule has 0 aliphatic carbocycles. The summed E-state index contributed by atoms with van der Waals surface area (Å²) in [7, 11) is 1.74. The Balaban J connectivity index is 0.00000420. The highest BCUT2D eigenvalue weighted by Gasteiger charge is 2.09. The monoisotopic (exact) mass is 509 g/mol. The summed E-state index contributed by atoms with van der Waals surface area (Å²) in [5, 5.41) is 9.46. The number of carbonyl (C=O) groups excluding carboxylic acids is 1. The summed E-state index contributed by atoms with van der Waals surface area (Å²) in [6, 6.07) is 12.3. The van der Waals surface area contributed by atoms with E-state index in [0.717, 1.165) is 6.42 Å². The van der Waals surface area contributed by atoms with Gasteiger partial charge in [-0.2, -0.15) is 0 Å².